The van der Waals surface area contributed by atoms with E-state index in [0.717, 1.165) is 17.6 Å². The fourth-order valence-electron chi connectivity index (χ4n) is 3.40. The maximum absolute atomic E-state index is 12.7. The minimum Gasteiger partial charge on any atom is -0.341 e. The first-order valence-electron chi connectivity index (χ1n) is 8.36. The Balaban J connectivity index is 1.92. The lowest BCUT2D eigenvalue weighted by Crippen LogP contribution is -2.32. The molecule has 1 atom stereocenters. The van der Waals surface area contributed by atoms with Crippen molar-refractivity contribution in [3.05, 3.63) is 28.8 Å². The van der Waals surface area contributed by atoms with E-state index in [-0.39, 0.29) is 17.6 Å². The van der Waals surface area contributed by atoms with Crippen LogP contribution in [0.1, 0.15) is 39.7 Å². The summed E-state index contributed by atoms with van der Waals surface area (Å²) in [4.78, 5) is 31.3. The van der Waals surface area contributed by atoms with E-state index in [9.17, 15) is 9.59 Å². The molecule has 1 aliphatic heterocycles. The summed E-state index contributed by atoms with van der Waals surface area (Å²) in [5, 5.41) is 0. The number of rotatable bonds is 4. The number of likely N-dealkylation sites (tertiary alicyclic amines) is 1. The van der Waals surface area contributed by atoms with Crippen LogP contribution in [0.3, 0.4) is 0 Å². The molecule has 1 saturated heterocycles. The zero-order valence-corrected chi connectivity index (χ0v) is 14.0. The molecule has 0 aromatic carbocycles. The van der Waals surface area contributed by atoms with Gasteiger partial charge in [0.2, 0.25) is 5.91 Å². The van der Waals surface area contributed by atoms with Gasteiger partial charge >= 0.3 is 5.69 Å². The third-order valence-corrected chi connectivity index (χ3v) is 4.50. The van der Waals surface area contributed by atoms with Crippen LogP contribution in [0.2, 0.25) is 0 Å². The highest BCUT2D eigenvalue weighted by Gasteiger charge is 2.30. The first-order chi connectivity index (χ1) is 11.0. The Morgan fingerprint density at radius 3 is 2.91 bits per heavy atom. The molecular weight excluding hydrogens is 292 g/mol. The van der Waals surface area contributed by atoms with E-state index in [1.54, 1.807) is 15.3 Å². The van der Waals surface area contributed by atoms with Crippen molar-refractivity contribution in [3.8, 4) is 0 Å². The SMILES string of the molecule is CCn1c(=O)n([C@@H]2CCN(C(=O)CC(C)C)C2)c2ncccc21. The number of pyridine rings is 1. The molecule has 6 heteroatoms. The number of imidazole rings is 1. The van der Waals surface area contributed by atoms with Crippen molar-refractivity contribution in [1.82, 2.24) is 19.0 Å². The lowest BCUT2D eigenvalue weighted by Gasteiger charge is -2.18. The monoisotopic (exact) mass is 316 g/mol. The zero-order valence-electron chi connectivity index (χ0n) is 14.0. The molecule has 0 radical (unpaired) electrons. The van der Waals surface area contributed by atoms with Crippen molar-refractivity contribution in [3.63, 3.8) is 0 Å². The Labute approximate surface area is 135 Å². The minimum atomic E-state index is -0.0237. The molecule has 0 aliphatic carbocycles. The highest BCUT2D eigenvalue weighted by atomic mass is 16.2. The average Bonchev–Trinajstić information content (AvgIpc) is 3.08. The van der Waals surface area contributed by atoms with Gasteiger partial charge in [0, 0.05) is 32.3 Å². The third-order valence-electron chi connectivity index (χ3n) is 4.50. The van der Waals surface area contributed by atoms with Gasteiger partial charge in [-0.15, -0.1) is 0 Å². The van der Waals surface area contributed by atoms with Gasteiger partial charge in [-0.05, 0) is 31.4 Å². The Morgan fingerprint density at radius 2 is 2.22 bits per heavy atom. The summed E-state index contributed by atoms with van der Waals surface area (Å²) < 4.78 is 3.53. The van der Waals surface area contributed by atoms with E-state index < -0.39 is 0 Å². The van der Waals surface area contributed by atoms with Crippen molar-refractivity contribution in [2.45, 2.75) is 46.2 Å². The molecule has 124 valence electrons. The summed E-state index contributed by atoms with van der Waals surface area (Å²) in [7, 11) is 0. The largest absolute Gasteiger partial charge is 0.341 e. The molecule has 1 fully saturated rings. The average molecular weight is 316 g/mol. The van der Waals surface area contributed by atoms with E-state index in [1.807, 2.05) is 24.0 Å². The molecule has 0 saturated carbocycles. The summed E-state index contributed by atoms with van der Waals surface area (Å²) in [5.41, 5.74) is 1.57. The number of fused-ring (bicyclic) bond motifs is 1. The molecule has 0 bridgehead atoms. The molecule has 3 rings (SSSR count). The Bertz CT molecular complexity index is 774. The molecule has 1 amide bonds. The first-order valence-corrected chi connectivity index (χ1v) is 8.36. The molecular formula is C17H24N4O2. The van der Waals surface area contributed by atoms with Crippen LogP contribution in [0.5, 0.6) is 0 Å². The van der Waals surface area contributed by atoms with Crippen LogP contribution in [-0.4, -0.2) is 38.0 Å². The Hall–Kier alpha value is -2.11. The van der Waals surface area contributed by atoms with Crippen molar-refractivity contribution in [2.75, 3.05) is 13.1 Å². The summed E-state index contributed by atoms with van der Waals surface area (Å²) in [6, 6.07) is 3.80. The number of aromatic nitrogens is 3. The molecule has 1 aliphatic rings. The quantitative estimate of drug-likeness (QED) is 0.867. The van der Waals surface area contributed by atoms with E-state index in [2.05, 4.69) is 18.8 Å². The maximum atomic E-state index is 12.7. The lowest BCUT2D eigenvalue weighted by molar-refractivity contribution is -0.131. The predicted molar refractivity (Wildman–Crippen MR) is 89.4 cm³/mol. The smallest absolute Gasteiger partial charge is 0.330 e. The number of amides is 1. The zero-order chi connectivity index (χ0) is 16.6. The summed E-state index contributed by atoms with van der Waals surface area (Å²) >= 11 is 0. The van der Waals surface area contributed by atoms with Crippen LogP contribution >= 0.6 is 0 Å². The molecule has 3 heterocycles. The van der Waals surface area contributed by atoms with Crippen LogP contribution in [0.25, 0.3) is 11.2 Å². The van der Waals surface area contributed by atoms with E-state index in [4.69, 9.17) is 0 Å². The van der Waals surface area contributed by atoms with Crippen molar-refractivity contribution < 1.29 is 4.79 Å². The van der Waals surface area contributed by atoms with Crippen LogP contribution in [0, 0.1) is 5.92 Å². The second-order valence-corrected chi connectivity index (χ2v) is 6.62. The van der Waals surface area contributed by atoms with Crippen LogP contribution in [-0.2, 0) is 11.3 Å². The molecule has 0 spiro atoms. The number of carbonyl (C=O) groups excluding carboxylic acids is 1. The highest BCUT2D eigenvalue weighted by molar-refractivity contribution is 5.77. The van der Waals surface area contributed by atoms with Gasteiger partial charge in [0.15, 0.2) is 5.65 Å². The van der Waals surface area contributed by atoms with E-state index in [0.29, 0.717) is 32.0 Å². The van der Waals surface area contributed by atoms with Crippen LogP contribution in [0.4, 0.5) is 0 Å². The van der Waals surface area contributed by atoms with Gasteiger partial charge < -0.3 is 4.90 Å². The number of carbonyl (C=O) groups is 1. The third kappa shape index (κ3) is 2.78. The van der Waals surface area contributed by atoms with Gasteiger partial charge in [-0.25, -0.2) is 9.78 Å². The number of hydrogen-bond donors (Lipinski definition) is 0. The van der Waals surface area contributed by atoms with Crippen molar-refractivity contribution in [1.29, 1.82) is 0 Å². The molecule has 6 nitrogen and oxygen atoms in total. The lowest BCUT2D eigenvalue weighted by atomic mass is 10.1. The number of hydrogen-bond acceptors (Lipinski definition) is 3. The fraction of sp³-hybridized carbons (Fsp3) is 0.588. The minimum absolute atomic E-state index is 0.0174. The second kappa shape index (κ2) is 6.18. The predicted octanol–water partition coefficient (Wildman–Crippen LogP) is 2.04. The number of nitrogens with zero attached hydrogens (tertiary/aromatic N) is 4. The van der Waals surface area contributed by atoms with Gasteiger partial charge in [-0.3, -0.25) is 13.9 Å². The standard InChI is InChI=1S/C17H24N4O2/c1-4-20-14-6-5-8-18-16(14)21(17(20)23)13-7-9-19(11-13)15(22)10-12(2)3/h5-6,8,12-13H,4,7,9-11H2,1-3H3/t13-/m1/s1. The van der Waals surface area contributed by atoms with Gasteiger partial charge in [0.05, 0.1) is 11.6 Å². The molecule has 2 aromatic heterocycles. The topological polar surface area (TPSA) is 60.1 Å². The van der Waals surface area contributed by atoms with Gasteiger partial charge in [0.1, 0.15) is 0 Å². The molecule has 0 unspecified atom stereocenters. The summed E-state index contributed by atoms with van der Waals surface area (Å²) in [5.74, 6) is 0.538. The summed E-state index contributed by atoms with van der Waals surface area (Å²) in [6.07, 6.45) is 3.09. The second-order valence-electron chi connectivity index (χ2n) is 6.62. The van der Waals surface area contributed by atoms with Gasteiger partial charge in [-0.1, -0.05) is 13.8 Å². The molecule has 23 heavy (non-hydrogen) atoms. The van der Waals surface area contributed by atoms with Crippen LogP contribution < -0.4 is 5.69 Å². The van der Waals surface area contributed by atoms with E-state index in [1.165, 1.54) is 0 Å². The van der Waals surface area contributed by atoms with Crippen LogP contribution in [0.15, 0.2) is 23.1 Å². The Kier molecular flexibility index (Phi) is 4.24. The first kappa shape index (κ1) is 15.8. The van der Waals surface area contributed by atoms with Gasteiger partial charge in [0.25, 0.3) is 0 Å². The molecule has 2 aromatic rings. The van der Waals surface area contributed by atoms with Crippen molar-refractivity contribution >= 4 is 17.1 Å². The highest BCUT2D eigenvalue weighted by Crippen LogP contribution is 2.25. The summed E-state index contributed by atoms with van der Waals surface area (Å²) in [6.45, 7) is 8.00. The maximum Gasteiger partial charge on any atom is 0.330 e. The Morgan fingerprint density at radius 1 is 1.43 bits per heavy atom. The van der Waals surface area contributed by atoms with Crippen molar-refractivity contribution in [2.24, 2.45) is 5.92 Å². The number of aryl methyl sites for hydroxylation is 1. The van der Waals surface area contributed by atoms with E-state index >= 15 is 0 Å². The fourth-order valence-corrected chi connectivity index (χ4v) is 3.40. The molecule has 0 N–H and O–H groups in total. The van der Waals surface area contributed by atoms with Gasteiger partial charge in [-0.2, -0.15) is 0 Å². The normalized spacial score (nSPS) is 18.3.